The van der Waals surface area contributed by atoms with Crippen molar-refractivity contribution in [1.82, 2.24) is 5.32 Å². The second-order valence-corrected chi connectivity index (χ2v) is 5.94. The summed E-state index contributed by atoms with van der Waals surface area (Å²) in [5.74, 6) is 0. The topological polar surface area (TPSA) is 24.4 Å². The second-order valence-electron chi connectivity index (χ2n) is 5.94. The van der Waals surface area contributed by atoms with Crippen LogP contribution in [0, 0.1) is 0 Å². The average Bonchev–Trinajstić information content (AvgIpc) is 2.55. The van der Waals surface area contributed by atoms with Gasteiger partial charge in [0, 0.05) is 6.20 Å². The molecule has 1 aliphatic rings. The molecule has 1 aromatic rings. The van der Waals surface area contributed by atoms with Crippen molar-refractivity contribution < 1.29 is 0 Å². The number of hydrogen-bond acceptors (Lipinski definition) is 2. The van der Waals surface area contributed by atoms with Gasteiger partial charge in [-0.2, -0.15) is 0 Å². The van der Waals surface area contributed by atoms with E-state index in [1.165, 1.54) is 49.7 Å². The van der Waals surface area contributed by atoms with Crippen LogP contribution in [0.1, 0.15) is 63.5 Å². The molecule has 2 heteroatoms. The predicted octanol–water partition coefficient (Wildman–Crippen LogP) is 4.95. The third-order valence-corrected chi connectivity index (χ3v) is 4.26. The monoisotopic (exact) mass is 284 g/mol. The molecule has 0 aromatic heterocycles. The quantitative estimate of drug-likeness (QED) is 0.671. The smallest absolute Gasteiger partial charge is 0.107 e. The van der Waals surface area contributed by atoms with Crippen LogP contribution < -0.4 is 5.32 Å². The maximum absolute atomic E-state index is 4.75. The van der Waals surface area contributed by atoms with Gasteiger partial charge < -0.3 is 5.32 Å². The standard InChI is InChI=1S/C19H28N2/c1-3-5-7-8-17-9-11-18(12-10-17)19(13-6-4-2)14-15-20-16-21-19/h9-12,14-16H,3-8,13H2,1-2H3,(H,20,21). The zero-order valence-electron chi connectivity index (χ0n) is 13.4. The summed E-state index contributed by atoms with van der Waals surface area (Å²) in [6, 6.07) is 9.10. The Kier molecular flexibility index (Phi) is 6.04. The molecule has 1 aliphatic heterocycles. The first kappa shape index (κ1) is 15.8. The lowest BCUT2D eigenvalue weighted by molar-refractivity contribution is 0.484. The highest BCUT2D eigenvalue weighted by molar-refractivity contribution is 5.60. The molecule has 0 spiro atoms. The van der Waals surface area contributed by atoms with E-state index >= 15 is 0 Å². The Balaban J connectivity index is 2.11. The Hall–Kier alpha value is -1.57. The Bertz CT molecular complexity index is 459. The van der Waals surface area contributed by atoms with Crippen molar-refractivity contribution in [3.8, 4) is 0 Å². The zero-order chi connectivity index (χ0) is 15.0. The minimum atomic E-state index is -0.163. The van der Waals surface area contributed by atoms with Gasteiger partial charge in [0.1, 0.15) is 5.54 Å². The normalized spacial score (nSPS) is 20.5. The van der Waals surface area contributed by atoms with Crippen LogP contribution in [-0.4, -0.2) is 6.34 Å². The second kappa shape index (κ2) is 8.02. The number of nitrogens with zero attached hydrogens (tertiary/aromatic N) is 1. The molecule has 2 rings (SSSR count). The molecular formula is C19H28N2. The van der Waals surface area contributed by atoms with Gasteiger partial charge in [0.25, 0.3) is 0 Å². The minimum absolute atomic E-state index is 0.163. The van der Waals surface area contributed by atoms with Crippen LogP contribution in [0.15, 0.2) is 41.5 Å². The third kappa shape index (κ3) is 4.20. The van der Waals surface area contributed by atoms with Crippen LogP contribution >= 0.6 is 0 Å². The summed E-state index contributed by atoms with van der Waals surface area (Å²) in [6.07, 6.45) is 14.6. The van der Waals surface area contributed by atoms with Crippen molar-refractivity contribution in [2.24, 2.45) is 4.99 Å². The number of nitrogens with one attached hydrogen (secondary N) is 1. The van der Waals surface area contributed by atoms with Crippen molar-refractivity contribution in [2.75, 3.05) is 0 Å². The van der Waals surface area contributed by atoms with E-state index in [1.54, 1.807) is 0 Å². The fourth-order valence-corrected chi connectivity index (χ4v) is 2.87. The van der Waals surface area contributed by atoms with E-state index in [0.717, 1.165) is 6.42 Å². The Labute approximate surface area is 129 Å². The van der Waals surface area contributed by atoms with E-state index in [4.69, 9.17) is 4.99 Å². The van der Waals surface area contributed by atoms with Gasteiger partial charge in [-0.25, -0.2) is 0 Å². The molecule has 0 aliphatic carbocycles. The molecule has 2 nitrogen and oxygen atoms in total. The number of benzene rings is 1. The highest BCUT2D eigenvalue weighted by atomic mass is 15.0. The fourth-order valence-electron chi connectivity index (χ4n) is 2.87. The first-order chi connectivity index (χ1) is 10.3. The van der Waals surface area contributed by atoms with Crippen molar-refractivity contribution in [3.63, 3.8) is 0 Å². The van der Waals surface area contributed by atoms with E-state index in [-0.39, 0.29) is 5.54 Å². The number of aliphatic imine (C=N–C) groups is 1. The van der Waals surface area contributed by atoms with Crippen molar-refractivity contribution >= 4 is 6.34 Å². The summed E-state index contributed by atoms with van der Waals surface area (Å²) in [6.45, 7) is 4.49. The SMILES string of the molecule is CCCCCc1ccc(C2(CCCC)C=CNC=N2)cc1. The van der Waals surface area contributed by atoms with Crippen LogP contribution in [0.4, 0.5) is 0 Å². The molecule has 1 heterocycles. The van der Waals surface area contributed by atoms with Crippen LogP contribution in [0.5, 0.6) is 0 Å². The summed E-state index contributed by atoms with van der Waals surface area (Å²) in [7, 11) is 0. The van der Waals surface area contributed by atoms with E-state index in [0.29, 0.717) is 0 Å². The number of rotatable bonds is 8. The maximum Gasteiger partial charge on any atom is 0.107 e. The first-order valence-corrected chi connectivity index (χ1v) is 8.37. The first-order valence-electron chi connectivity index (χ1n) is 8.37. The highest BCUT2D eigenvalue weighted by Gasteiger charge is 2.28. The summed E-state index contributed by atoms with van der Waals surface area (Å²) in [5.41, 5.74) is 2.59. The van der Waals surface area contributed by atoms with Gasteiger partial charge in [0.05, 0.1) is 6.34 Å². The molecule has 1 N–H and O–H groups in total. The highest BCUT2D eigenvalue weighted by Crippen LogP contribution is 2.34. The Morgan fingerprint density at radius 1 is 1.00 bits per heavy atom. The van der Waals surface area contributed by atoms with Crippen molar-refractivity contribution in [1.29, 1.82) is 0 Å². The summed E-state index contributed by atoms with van der Waals surface area (Å²) in [5, 5.41) is 3.06. The molecule has 21 heavy (non-hydrogen) atoms. The Morgan fingerprint density at radius 3 is 2.38 bits per heavy atom. The van der Waals surface area contributed by atoms with Crippen LogP contribution in [-0.2, 0) is 12.0 Å². The summed E-state index contributed by atoms with van der Waals surface area (Å²) in [4.78, 5) is 4.75. The predicted molar refractivity (Wildman–Crippen MR) is 91.6 cm³/mol. The molecule has 0 amide bonds. The van der Waals surface area contributed by atoms with E-state index < -0.39 is 0 Å². The molecule has 114 valence electrons. The van der Waals surface area contributed by atoms with Crippen LogP contribution in [0.3, 0.4) is 0 Å². The van der Waals surface area contributed by atoms with Gasteiger partial charge in [-0.05, 0) is 36.5 Å². The largest absolute Gasteiger partial charge is 0.353 e. The number of hydrogen-bond donors (Lipinski definition) is 1. The number of unbranched alkanes of at least 4 members (excludes halogenated alkanes) is 3. The van der Waals surface area contributed by atoms with Crippen LogP contribution in [0.25, 0.3) is 0 Å². The molecule has 0 fully saturated rings. The van der Waals surface area contributed by atoms with Crippen molar-refractivity contribution in [2.45, 2.75) is 64.3 Å². The zero-order valence-corrected chi connectivity index (χ0v) is 13.4. The van der Waals surface area contributed by atoms with Gasteiger partial charge in [0.15, 0.2) is 0 Å². The number of aryl methyl sites for hydroxylation is 1. The summed E-state index contributed by atoms with van der Waals surface area (Å²) < 4.78 is 0. The van der Waals surface area contributed by atoms with Gasteiger partial charge in [-0.15, -0.1) is 0 Å². The average molecular weight is 284 g/mol. The molecule has 0 saturated carbocycles. The maximum atomic E-state index is 4.75. The minimum Gasteiger partial charge on any atom is -0.353 e. The molecule has 0 radical (unpaired) electrons. The molecule has 0 bridgehead atoms. The molecule has 1 atom stereocenters. The molecule has 0 saturated heterocycles. The van der Waals surface area contributed by atoms with E-state index in [9.17, 15) is 0 Å². The van der Waals surface area contributed by atoms with Gasteiger partial charge >= 0.3 is 0 Å². The molecular weight excluding hydrogens is 256 g/mol. The summed E-state index contributed by atoms with van der Waals surface area (Å²) >= 11 is 0. The van der Waals surface area contributed by atoms with Gasteiger partial charge in [-0.3, -0.25) is 4.99 Å². The lowest BCUT2D eigenvalue weighted by Gasteiger charge is -2.29. The van der Waals surface area contributed by atoms with E-state index in [2.05, 4.69) is 49.5 Å². The lowest BCUT2D eigenvalue weighted by atomic mass is 9.84. The van der Waals surface area contributed by atoms with Gasteiger partial charge in [-0.1, -0.05) is 63.8 Å². The fraction of sp³-hybridized carbons (Fsp3) is 0.526. The van der Waals surface area contributed by atoms with Crippen LogP contribution in [0.2, 0.25) is 0 Å². The lowest BCUT2D eigenvalue weighted by Crippen LogP contribution is -2.26. The van der Waals surface area contributed by atoms with E-state index in [1.807, 2.05) is 12.5 Å². The van der Waals surface area contributed by atoms with Crippen molar-refractivity contribution in [3.05, 3.63) is 47.7 Å². The van der Waals surface area contributed by atoms with Gasteiger partial charge in [0.2, 0.25) is 0 Å². The third-order valence-electron chi connectivity index (χ3n) is 4.26. The molecule has 1 unspecified atom stereocenters. The Morgan fingerprint density at radius 2 is 1.76 bits per heavy atom. The molecule has 1 aromatic carbocycles.